The van der Waals surface area contributed by atoms with Gasteiger partial charge in [0.25, 0.3) is 0 Å². The van der Waals surface area contributed by atoms with Crippen molar-refractivity contribution in [3.63, 3.8) is 0 Å². The fourth-order valence-electron chi connectivity index (χ4n) is 2.89. The summed E-state index contributed by atoms with van der Waals surface area (Å²) in [6.45, 7) is 3.40. The van der Waals surface area contributed by atoms with Crippen molar-refractivity contribution in [3.8, 4) is 11.4 Å². The summed E-state index contributed by atoms with van der Waals surface area (Å²) in [6, 6.07) is 14.7. The third-order valence-corrected chi connectivity index (χ3v) is 5.26. The molecule has 0 aliphatic heterocycles. The van der Waals surface area contributed by atoms with Gasteiger partial charge in [0, 0.05) is 5.56 Å². The highest BCUT2D eigenvalue weighted by atomic mass is 32.2. The average molecular weight is 414 g/mol. The Hall–Kier alpha value is -3.20. The molecular weight excluding hydrogens is 392 g/mol. The summed E-state index contributed by atoms with van der Waals surface area (Å²) in [6.07, 6.45) is 1.07. The van der Waals surface area contributed by atoms with E-state index in [0.717, 1.165) is 27.3 Å². The van der Waals surface area contributed by atoms with Gasteiger partial charge in [-0.3, -0.25) is 9.10 Å². The van der Waals surface area contributed by atoms with Gasteiger partial charge >= 0.3 is 0 Å². The normalized spacial score (nSPS) is 11.3. The number of nitrogens with zero attached hydrogens (tertiary/aromatic N) is 3. The lowest BCUT2D eigenvalue weighted by Gasteiger charge is -2.22. The zero-order valence-electron chi connectivity index (χ0n) is 16.4. The van der Waals surface area contributed by atoms with Gasteiger partial charge in [-0.2, -0.15) is 4.98 Å². The van der Waals surface area contributed by atoms with Crippen LogP contribution in [0.1, 0.15) is 17.0 Å². The van der Waals surface area contributed by atoms with Crippen molar-refractivity contribution in [1.82, 2.24) is 15.5 Å². The molecule has 3 rings (SSSR count). The van der Waals surface area contributed by atoms with Crippen molar-refractivity contribution in [1.29, 1.82) is 0 Å². The lowest BCUT2D eigenvalue weighted by molar-refractivity contribution is -0.119. The van der Waals surface area contributed by atoms with Gasteiger partial charge in [-0.05, 0) is 37.1 Å². The van der Waals surface area contributed by atoms with Crippen LogP contribution in [-0.4, -0.2) is 37.3 Å². The zero-order valence-corrected chi connectivity index (χ0v) is 17.2. The quantitative estimate of drug-likeness (QED) is 0.637. The second kappa shape index (κ2) is 8.44. The highest BCUT2D eigenvalue weighted by molar-refractivity contribution is 7.92. The summed E-state index contributed by atoms with van der Waals surface area (Å²) < 4.78 is 30.7. The van der Waals surface area contributed by atoms with Crippen molar-refractivity contribution in [2.45, 2.75) is 20.4 Å². The van der Waals surface area contributed by atoms with Crippen molar-refractivity contribution >= 4 is 21.6 Å². The highest BCUT2D eigenvalue weighted by Crippen LogP contribution is 2.21. The van der Waals surface area contributed by atoms with Crippen LogP contribution in [0.25, 0.3) is 11.4 Å². The number of hydrogen-bond donors (Lipinski definition) is 1. The van der Waals surface area contributed by atoms with E-state index in [1.165, 1.54) is 0 Å². The maximum absolute atomic E-state index is 12.4. The summed E-state index contributed by atoms with van der Waals surface area (Å²) >= 11 is 0. The van der Waals surface area contributed by atoms with Gasteiger partial charge in [-0.15, -0.1) is 0 Å². The molecule has 0 aliphatic carbocycles. The summed E-state index contributed by atoms with van der Waals surface area (Å²) in [5, 5.41) is 6.51. The molecule has 1 aromatic heterocycles. The predicted molar refractivity (Wildman–Crippen MR) is 110 cm³/mol. The van der Waals surface area contributed by atoms with E-state index < -0.39 is 15.9 Å². The molecule has 2 aromatic carbocycles. The molecule has 9 heteroatoms. The maximum atomic E-state index is 12.4. The number of aromatic nitrogens is 2. The number of sulfonamides is 1. The molecule has 1 N–H and O–H groups in total. The number of carbonyl (C=O) groups excluding carboxylic acids is 1. The van der Waals surface area contributed by atoms with E-state index in [1.807, 2.05) is 50.2 Å². The van der Waals surface area contributed by atoms with E-state index in [1.54, 1.807) is 12.1 Å². The van der Waals surface area contributed by atoms with E-state index in [9.17, 15) is 13.2 Å². The van der Waals surface area contributed by atoms with E-state index >= 15 is 0 Å². The Morgan fingerprint density at radius 3 is 2.38 bits per heavy atom. The van der Waals surface area contributed by atoms with Crippen LogP contribution in [0.2, 0.25) is 0 Å². The van der Waals surface area contributed by atoms with E-state index in [2.05, 4.69) is 15.5 Å². The van der Waals surface area contributed by atoms with Crippen molar-refractivity contribution in [2.24, 2.45) is 0 Å². The van der Waals surface area contributed by atoms with Gasteiger partial charge in [0.05, 0.1) is 18.5 Å². The van der Waals surface area contributed by atoms with Crippen molar-refractivity contribution in [3.05, 3.63) is 65.5 Å². The molecule has 0 aliphatic rings. The third kappa shape index (κ3) is 5.41. The van der Waals surface area contributed by atoms with Crippen LogP contribution in [0.3, 0.4) is 0 Å². The molecular formula is C20H22N4O4S. The Bertz CT molecular complexity index is 1090. The van der Waals surface area contributed by atoms with Crippen LogP contribution >= 0.6 is 0 Å². The van der Waals surface area contributed by atoms with Crippen molar-refractivity contribution < 1.29 is 17.7 Å². The van der Waals surface area contributed by atoms with Gasteiger partial charge in [0.15, 0.2) is 0 Å². The molecule has 1 amide bonds. The molecule has 0 bridgehead atoms. The SMILES string of the molecule is Cc1cc(C)cc(N(CC(=O)NCc2nc(-c3ccccc3)no2)S(C)(=O)=O)c1. The Balaban J connectivity index is 1.67. The van der Waals surface area contributed by atoms with Crippen LogP contribution in [0.5, 0.6) is 0 Å². The zero-order chi connectivity index (χ0) is 21.0. The highest BCUT2D eigenvalue weighted by Gasteiger charge is 2.21. The first-order valence-electron chi connectivity index (χ1n) is 8.93. The van der Waals surface area contributed by atoms with E-state index in [4.69, 9.17) is 4.52 Å². The Kier molecular flexibility index (Phi) is 5.97. The molecule has 0 spiro atoms. The summed E-state index contributed by atoms with van der Waals surface area (Å²) in [7, 11) is -3.64. The molecule has 0 saturated carbocycles. The fourth-order valence-corrected chi connectivity index (χ4v) is 3.73. The molecule has 0 atom stereocenters. The largest absolute Gasteiger partial charge is 0.345 e. The molecule has 1 heterocycles. The van der Waals surface area contributed by atoms with E-state index in [0.29, 0.717) is 11.5 Å². The summed E-state index contributed by atoms with van der Waals surface area (Å²) in [5.74, 6) is 0.173. The minimum Gasteiger partial charge on any atom is -0.345 e. The van der Waals surface area contributed by atoms with Crippen LogP contribution in [0, 0.1) is 13.8 Å². The Labute approximate surface area is 169 Å². The standard InChI is InChI=1S/C20H22N4O4S/c1-14-9-15(2)11-17(10-14)24(29(3,26)27)13-18(25)21-12-19-22-20(23-28-19)16-7-5-4-6-8-16/h4-11H,12-13H2,1-3H3,(H,21,25). The van der Waals surface area contributed by atoms with Gasteiger partial charge < -0.3 is 9.84 Å². The Morgan fingerprint density at radius 1 is 1.10 bits per heavy atom. The lowest BCUT2D eigenvalue weighted by atomic mass is 10.1. The van der Waals surface area contributed by atoms with Crippen molar-refractivity contribution in [2.75, 3.05) is 17.1 Å². The summed E-state index contributed by atoms with van der Waals surface area (Å²) in [5.41, 5.74) is 3.07. The topological polar surface area (TPSA) is 105 Å². The monoisotopic (exact) mass is 414 g/mol. The number of nitrogens with one attached hydrogen (secondary N) is 1. The molecule has 0 saturated heterocycles. The molecule has 8 nitrogen and oxygen atoms in total. The molecule has 29 heavy (non-hydrogen) atoms. The molecule has 0 radical (unpaired) electrons. The van der Waals surface area contributed by atoms with Crippen LogP contribution in [0.4, 0.5) is 5.69 Å². The average Bonchev–Trinajstić information content (AvgIpc) is 3.12. The smallest absolute Gasteiger partial charge is 0.246 e. The second-order valence-electron chi connectivity index (χ2n) is 6.77. The van der Waals surface area contributed by atoms with Gasteiger partial charge in [0.2, 0.25) is 27.6 Å². The van der Waals surface area contributed by atoms with Crippen LogP contribution < -0.4 is 9.62 Å². The van der Waals surface area contributed by atoms with Gasteiger partial charge in [-0.1, -0.05) is 41.6 Å². The first-order valence-corrected chi connectivity index (χ1v) is 10.8. The summed E-state index contributed by atoms with van der Waals surface area (Å²) in [4.78, 5) is 16.6. The first-order chi connectivity index (χ1) is 13.7. The molecule has 0 fully saturated rings. The first kappa shape index (κ1) is 20.5. The lowest BCUT2D eigenvalue weighted by Crippen LogP contribution is -2.40. The number of carbonyl (C=O) groups is 1. The number of rotatable bonds is 7. The number of hydrogen-bond acceptors (Lipinski definition) is 6. The van der Waals surface area contributed by atoms with Gasteiger partial charge in [0.1, 0.15) is 6.54 Å². The number of amides is 1. The predicted octanol–water partition coefficient (Wildman–Crippen LogP) is 2.44. The Morgan fingerprint density at radius 2 is 1.76 bits per heavy atom. The maximum Gasteiger partial charge on any atom is 0.246 e. The van der Waals surface area contributed by atoms with Crippen LogP contribution in [0.15, 0.2) is 53.1 Å². The number of benzene rings is 2. The molecule has 3 aromatic rings. The molecule has 152 valence electrons. The number of anilines is 1. The second-order valence-corrected chi connectivity index (χ2v) is 8.68. The fraction of sp³-hybridized carbons (Fsp3) is 0.250. The van der Waals surface area contributed by atoms with E-state index in [-0.39, 0.29) is 19.0 Å². The van der Waals surface area contributed by atoms with Gasteiger partial charge in [-0.25, -0.2) is 8.42 Å². The number of aryl methyl sites for hydroxylation is 2. The minimum atomic E-state index is -3.64. The molecule has 0 unspecified atom stereocenters. The third-order valence-electron chi connectivity index (χ3n) is 4.12. The minimum absolute atomic E-state index is 0.00309. The van der Waals surface area contributed by atoms with Crippen LogP contribution in [-0.2, 0) is 21.4 Å².